The lowest BCUT2D eigenvalue weighted by molar-refractivity contribution is 0.252. The number of benzene rings is 1. The molecular formula is C14H18N4O2. The summed E-state index contributed by atoms with van der Waals surface area (Å²) < 4.78 is 5.07. The first-order valence-corrected chi connectivity index (χ1v) is 6.70. The van der Waals surface area contributed by atoms with E-state index < -0.39 is 0 Å². The molecule has 0 spiro atoms. The molecule has 0 fully saturated rings. The second-order valence-electron chi connectivity index (χ2n) is 4.32. The van der Waals surface area contributed by atoms with Crippen molar-refractivity contribution in [2.24, 2.45) is 0 Å². The van der Waals surface area contributed by atoms with Crippen LogP contribution in [0.2, 0.25) is 0 Å². The van der Waals surface area contributed by atoms with Crippen molar-refractivity contribution in [3.8, 4) is 11.4 Å². The number of urea groups is 1. The average Bonchev–Trinajstić information content (AvgIpc) is 2.95. The minimum atomic E-state index is -0.201. The fourth-order valence-corrected chi connectivity index (χ4v) is 1.63. The summed E-state index contributed by atoms with van der Waals surface area (Å²) in [5.74, 6) is 1.17. The van der Waals surface area contributed by atoms with Crippen molar-refractivity contribution in [3.63, 3.8) is 0 Å². The smallest absolute Gasteiger partial charge is 0.319 e. The molecule has 106 valence electrons. The minimum absolute atomic E-state index is 0.201. The molecule has 0 bridgehead atoms. The van der Waals surface area contributed by atoms with Crippen molar-refractivity contribution in [1.29, 1.82) is 0 Å². The van der Waals surface area contributed by atoms with E-state index in [9.17, 15) is 4.79 Å². The van der Waals surface area contributed by atoms with Crippen LogP contribution in [0, 0.1) is 0 Å². The molecule has 1 aromatic carbocycles. The predicted molar refractivity (Wildman–Crippen MR) is 76.4 cm³/mol. The third kappa shape index (κ3) is 3.57. The Labute approximate surface area is 117 Å². The molecule has 2 amide bonds. The van der Waals surface area contributed by atoms with E-state index in [1.165, 1.54) is 0 Å². The normalized spacial score (nSPS) is 10.3. The fourth-order valence-electron chi connectivity index (χ4n) is 1.63. The van der Waals surface area contributed by atoms with Gasteiger partial charge in [0.2, 0.25) is 11.7 Å². The first-order chi connectivity index (χ1) is 9.72. The van der Waals surface area contributed by atoms with E-state index in [0.717, 1.165) is 17.7 Å². The number of carbonyl (C=O) groups excluding carboxylic acids is 1. The highest BCUT2D eigenvalue weighted by Crippen LogP contribution is 2.18. The van der Waals surface area contributed by atoms with E-state index >= 15 is 0 Å². The van der Waals surface area contributed by atoms with Crippen molar-refractivity contribution in [2.45, 2.75) is 26.7 Å². The van der Waals surface area contributed by atoms with Gasteiger partial charge >= 0.3 is 6.03 Å². The molecule has 2 N–H and O–H groups in total. The number of nitrogens with one attached hydrogen (secondary N) is 2. The largest absolute Gasteiger partial charge is 0.339 e. The lowest BCUT2D eigenvalue weighted by Crippen LogP contribution is -2.29. The highest BCUT2D eigenvalue weighted by Gasteiger charge is 2.07. The SMILES string of the molecule is CCCNC(=O)Nc1ccc(-c2noc(CC)n2)cc1. The van der Waals surface area contributed by atoms with E-state index in [2.05, 4.69) is 20.8 Å². The third-order valence-electron chi connectivity index (χ3n) is 2.71. The lowest BCUT2D eigenvalue weighted by Gasteiger charge is -2.06. The van der Waals surface area contributed by atoms with Crippen molar-refractivity contribution in [2.75, 3.05) is 11.9 Å². The van der Waals surface area contributed by atoms with E-state index in [1.54, 1.807) is 0 Å². The Balaban J connectivity index is 2.00. The highest BCUT2D eigenvalue weighted by molar-refractivity contribution is 5.89. The molecule has 20 heavy (non-hydrogen) atoms. The molecule has 0 aliphatic rings. The van der Waals surface area contributed by atoms with E-state index in [-0.39, 0.29) is 6.03 Å². The first-order valence-electron chi connectivity index (χ1n) is 6.70. The molecule has 6 heteroatoms. The zero-order chi connectivity index (χ0) is 14.4. The monoisotopic (exact) mass is 274 g/mol. The number of rotatable bonds is 5. The maximum absolute atomic E-state index is 11.5. The quantitative estimate of drug-likeness (QED) is 0.878. The summed E-state index contributed by atoms with van der Waals surface area (Å²) in [5, 5.41) is 9.41. The Morgan fingerprint density at radius 1 is 1.25 bits per heavy atom. The molecule has 6 nitrogen and oxygen atoms in total. The number of hydrogen-bond acceptors (Lipinski definition) is 4. The molecule has 2 rings (SSSR count). The van der Waals surface area contributed by atoms with Gasteiger partial charge in [-0.2, -0.15) is 4.98 Å². The maximum atomic E-state index is 11.5. The topological polar surface area (TPSA) is 80.0 Å². The van der Waals surface area contributed by atoms with Crippen LogP contribution in [0.5, 0.6) is 0 Å². The van der Waals surface area contributed by atoms with E-state index in [4.69, 9.17) is 4.52 Å². The molecular weight excluding hydrogens is 256 g/mol. The third-order valence-corrected chi connectivity index (χ3v) is 2.71. The van der Waals surface area contributed by atoms with Crippen LogP contribution in [-0.2, 0) is 6.42 Å². The second-order valence-corrected chi connectivity index (χ2v) is 4.32. The number of nitrogens with zero attached hydrogens (tertiary/aromatic N) is 2. The van der Waals surface area contributed by atoms with Gasteiger partial charge in [0.25, 0.3) is 0 Å². The molecule has 0 aliphatic carbocycles. The van der Waals surface area contributed by atoms with Gasteiger partial charge < -0.3 is 15.2 Å². The van der Waals surface area contributed by atoms with Gasteiger partial charge in [-0.15, -0.1) is 0 Å². The standard InChI is InChI=1S/C14H18N4O2/c1-3-9-15-14(19)16-11-7-5-10(6-8-11)13-17-12(4-2)20-18-13/h5-8H,3-4,9H2,1-2H3,(H2,15,16,19). The summed E-state index contributed by atoms with van der Waals surface area (Å²) in [4.78, 5) is 15.8. The molecule has 0 atom stereocenters. The molecule has 0 radical (unpaired) electrons. The van der Waals surface area contributed by atoms with Crippen LogP contribution >= 0.6 is 0 Å². The van der Waals surface area contributed by atoms with Crippen LogP contribution < -0.4 is 10.6 Å². The van der Waals surface area contributed by atoms with Crippen LogP contribution in [-0.4, -0.2) is 22.7 Å². The summed E-state index contributed by atoms with van der Waals surface area (Å²) in [6, 6.07) is 7.11. The number of amides is 2. The van der Waals surface area contributed by atoms with E-state index in [1.807, 2.05) is 38.1 Å². The van der Waals surface area contributed by atoms with Crippen LogP contribution in [0.25, 0.3) is 11.4 Å². The number of hydrogen-bond donors (Lipinski definition) is 2. The molecule has 0 aliphatic heterocycles. The van der Waals surface area contributed by atoms with E-state index in [0.29, 0.717) is 24.7 Å². The van der Waals surface area contributed by atoms with Gasteiger partial charge in [0, 0.05) is 24.2 Å². The second kappa shape index (κ2) is 6.70. The highest BCUT2D eigenvalue weighted by atomic mass is 16.5. The summed E-state index contributed by atoms with van der Waals surface area (Å²) in [5.41, 5.74) is 1.58. The van der Waals surface area contributed by atoms with Crippen molar-refractivity contribution >= 4 is 11.7 Å². The number of aromatic nitrogens is 2. The van der Waals surface area contributed by atoms with Gasteiger partial charge in [-0.25, -0.2) is 4.79 Å². The molecule has 0 saturated carbocycles. The Hall–Kier alpha value is -2.37. The predicted octanol–water partition coefficient (Wildman–Crippen LogP) is 2.83. The van der Waals surface area contributed by atoms with Crippen LogP contribution in [0.4, 0.5) is 10.5 Å². The van der Waals surface area contributed by atoms with Crippen molar-refractivity contribution < 1.29 is 9.32 Å². The summed E-state index contributed by atoms with van der Waals surface area (Å²) in [6.07, 6.45) is 1.62. The Morgan fingerprint density at radius 2 is 2.00 bits per heavy atom. The average molecular weight is 274 g/mol. The van der Waals surface area contributed by atoms with Crippen molar-refractivity contribution in [1.82, 2.24) is 15.5 Å². The Kier molecular flexibility index (Phi) is 4.70. The molecule has 0 unspecified atom stereocenters. The number of aryl methyl sites for hydroxylation is 1. The van der Waals surface area contributed by atoms with Gasteiger partial charge in [-0.1, -0.05) is 19.0 Å². The van der Waals surface area contributed by atoms with Crippen LogP contribution in [0.15, 0.2) is 28.8 Å². The molecule has 1 heterocycles. The maximum Gasteiger partial charge on any atom is 0.319 e. The fraction of sp³-hybridized carbons (Fsp3) is 0.357. The van der Waals surface area contributed by atoms with Crippen molar-refractivity contribution in [3.05, 3.63) is 30.2 Å². The zero-order valence-corrected chi connectivity index (χ0v) is 11.6. The molecule has 2 aromatic rings. The summed E-state index contributed by atoms with van der Waals surface area (Å²) in [7, 11) is 0. The van der Waals surface area contributed by atoms with Gasteiger partial charge in [-0.05, 0) is 30.7 Å². The van der Waals surface area contributed by atoms with Crippen LogP contribution in [0.1, 0.15) is 26.2 Å². The van der Waals surface area contributed by atoms with Crippen LogP contribution in [0.3, 0.4) is 0 Å². The van der Waals surface area contributed by atoms with Gasteiger partial charge in [-0.3, -0.25) is 0 Å². The lowest BCUT2D eigenvalue weighted by atomic mass is 10.2. The number of carbonyl (C=O) groups is 1. The molecule has 0 saturated heterocycles. The molecule has 1 aromatic heterocycles. The minimum Gasteiger partial charge on any atom is -0.339 e. The Bertz CT molecular complexity index is 563. The van der Waals surface area contributed by atoms with Gasteiger partial charge in [0.05, 0.1) is 0 Å². The zero-order valence-electron chi connectivity index (χ0n) is 11.6. The Morgan fingerprint density at radius 3 is 2.60 bits per heavy atom. The first kappa shape index (κ1) is 14.0. The summed E-state index contributed by atoms with van der Waals surface area (Å²) in [6.45, 7) is 4.62. The van der Waals surface area contributed by atoms with Gasteiger partial charge in [0.15, 0.2) is 0 Å². The summed E-state index contributed by atoms with van der Waals surface area (Å²) >= 11 is 0. The number of anilines is 1. The van der Waals surface area contributed by atoms with Gasteiger partial charge in [0.1, 0.15) is 0 Å².